The summed E-state index contributed by atoms with van der Waals surface area (Å²) < 4.78 is 16.8. The van der Waals surface area contributed by atoms with Gasteiger partial charge in [-0.25, -0.2) is 9.07 Å². The van der Waals surface area contributed by atoms with Gasteiger partial charge in [-0.3, -0.25) is 4.79 Å². The normalized spacial score (nSPS) is 23.1. The Kier molecular flexibility index (Phi) is 4.89. The van der Waals surface area contributed by atoms with Crippen molar-refractivity contribution >= 4 is 11.6 Å². The van der Waals surface area contributed by atoms with Crippen LogP contribution in [-0.2, 0) is 12.8 Å². The molecule has 0 spiro atoms. The lowest BCUT2D eigenvalue weighted by Gasteiger charge is -2.30. The van der Waals surface area contributed by atoms with Gasteiger partial charge in [0.25, 0.3) is 5.91 Å². The van der Waals surface area contributed by atoms with E-state index in [1.807, 2.05) is 6.92 Å². The van der Waals surface area contributed by atoms with Gasteiger partial charge < -0.3 is 16.2 Å². The zero-order valence-corrected chi connectivity index (χ0v) is 17.3. The monoisotopic (exact) mass is 400 g/mol. The molecular formula is C22H29FN4O2. The summed E-state index contributed by atoms with van der Waals surface area (Å²) in [5.74, 6) is -1.51. The van der Waals surface area contributed by atoms with Gasteiger partial charge in [0.05, 0.1) is 34.8 Å². The summed E-state index contributed by atoms with van der Waals surface area (Å²) in [6.07, 6.45) is 4.70. The lowest BCUT2D eigenvalue weighted by molar-refractivity contribution is 0.0997. The molecule has 2 aromatic rings. The third kappa shape index (κ3) is 3.64. The number of aromatic nitrogens is 2. The first-order valence-electron chi connectivity index (χ1n) is 10.3. The predicted octanol–water partition coefficient (Wildman–Crippen LogP) is 3.26. The van der Waals surface area contributed by atoms with Crippen molar-refractivity contribution in [3.8, 4) is 5.69 Å². The molecule has 1 aromatic heterocycles. The van der Waals surface area contributed by atoms with Gasteiger partial charge in [-0.1, -0.05) is 13.8 Å². The summed E-state index contributed by atoms with van der Waals surface area (Å²) in [5.41, 5.74) is 9.59. The Morgan fingerprint density at radius 1 is 1.38 bits per heavy atom. The number of aliphatic hydroxyl groups excluding tert-OH is 1. The number of hydrogen-bond donors (Lipinski definition) is 3. The fourth-order valence-corrected chi connectivity index (χ4v) is 4.72. The number of aliphatic hydroxyl groups is 1. The molecule has 2 atom stereocenters. The molecule has 6 nitrogen and oxygen atoms in total. The number of benzene rings is 1. The van der Waals surface area contributed by atoms with Crippen molar-refractivity contribution in [3.63, 3.8) is 0 Å². The summed E-state index contributed by atoms with van der Waals surface area (Å²) in [6.45, 7) is 6.44. The van der Waals surface area contributed by atoms with Crippen LogP contribution in [-0.4, -0.2) is 32.9 Å². The first kappa shape index (κ1) is 19.9. The number of carbonyl (C=O) groups excluding carboxylic acids is 1. The second-order valence-corrected chi connectivity index (χ2v) is 9.23. The molecule has 4 N–H and O–H groups in total. The highest BCUT2D eigenvalue weighted by Gasteiger charge is 2.31. The SMILES string of the molecule is Cc1nn(-c2cc(F)c(C(N)=O)c(N[C@H]3CCC[C@H]3O)c2)c2c1CCC(C)(C)C2. The van der Waals surface area contributed by atoms with E-state index >= 15 is 0 Å². The molecule has 1 heterocycles. The molecule has 7 heteroatoms. The molecule has 4 rings (SSSR count). The molecule has 1 saturated carbocycles. The van der Waals surface area contributed by atoms with Gasteiger partial charge in [0.15, 0.2) is 0 Å². The van der Waals surface area contributed by atoms with E-state index in [0.29, 0.717) is 17.8 Å². The van der Waals surface area contributed by atoms with Gasteiger partial charge in [-0.05, 0) is 62.5 Å². The van der Waals surface area contributed by atoms with Crippen LogP contribution in [0.5, 0.6) is 0 Å². The number of hydrogen-bond acceptors (Lipinski definition) is 4. The molecule has 0 bridgehead atoms. The van der Waals surface area contributed by atoms with Gasteiger partial charge in [0.2, 0.25) is 0 Å². The molecule has 29 heavy (non-hydrogen) atoms. The second kappa shape index (κ2) is 7.13. The Morgan fingerprint density at radius 3 is 2.79 bits per heavy atom. The van der Waals surface area contributed by atoms with Crippen molar-refractivity contribution in [2.75, 3.05) is 5.32 Å². The van der Waals surface area contributed by atoms with Gasteiger partial charge in [0.1, 0.15) is 5.82 Å². The van der Waals surface area contributed by atoms with Gasteiger partial charge in [-0.15, -0.1) is 0 Å². The summed E-state index contributed by atoms with van der Waals surface area (Å²) >= 11 is 0. The minimum Gasteiger partial charge on any atom is -0.391 e. The van der Waals surface area contributed by atoms with E-state index in [1.165, 1.54) is 11.6 Å². The molecular weight excluding hydrogens is 371 g/mol. The highest BCUT2D eigenvalue weighted by atomic mass is 19.1. The molecule has 0 aliphatic heterocycles. The van der Waals surface area contributed by atoms with Crippen LogP contribution in [0.15, 0.2) is 12.1 Å². The van der Waals surface area contributed by atoms with Crippen molar-refractivity contribution in [3.05, 3.63) is 40.5 Å². The quantitative estimate of drug-likeness (QED) is 0.734. The number of carbonyl (C=O) groups is 1. The number of primary amides is 1. The summed E-state index contributed by atoms with van der Waals surface area (Å²) in [7, 11) is 0. The van der Waals surface area contributed by atoms with Crippen LogP contribution in [0.3, 0.4) is 0 Å². The van der Waals surface area contributed by atoms with Crippen LogP contribution >= 0.6 is 0 Å². The van der Waals surface area contributed by atoms with E-state index in [4.69, 9.17) is 5.73 Å². The molecule has 1 aromatic carbocycles. The first-order chi connectivity index (χ1) is 13.7. The van der Waals surface area contributed by atoms with Gasteiger partial charge >= 0.3 is 0 Å². The van der Waals surface area contributed by atoms with Crippen molar-refractivity contribution in [2.45, 2.75) is 71.4 Å². The first-order valence-corrected chi connectivity index (χ1v) is 10.3. The molecule has 2 aliphatic rings. The number of aryl methyl sites for hydroxylation is 1. The lowest BCUT2D eigenvalue weighted by Crippen LogP contribution is -2.30. The summed E-state index contributed by atoms with van der Waals surface area (Å²) in [6, 6.07) is 2.82. The maximum Gasteiger partial charge on any atom is 0.253 e. The fourth-order valence-electron chi connectivity index (χ4n) is 4.72. The second-order valence-electron chi connectivity index (χ2n) is 9.23. The number of rotatable bonds is 4. The summed E-state index contributed by atoms with van der Waals surface area (Å²) in [4.78, 5) is 11.9. The van der Waals surface area contributed by atoms with Crippen LogP contribution in [0.1, 0.15) is 66.8 Å². The average molecular weight is 400 g/mol. The molecule has 156 valence electrons. The number of halogens is 1. The zero-order chi connectivity index (χ0) is 20.9. The van der Waals surface area contributed by atoms with Crippen LogP contribution in [0, 0.1) is 18.2 Å². The minimum atomic E-state index is -0.830. The average Bonchev–Trinajstić information content (AvgIpc) is 3.16. The van der Waals surface area contributed by atoms with Crippen molar-refractivity contribution in [1.29, 1.82) is 0 Å². The van der Waals surface area contributed by atoms with Crippen molar-refractivity contribution in [1.82, 2.24) is 9.78 Å². The van der Waals surface area contributed by atoms with E-state index in [-0.39, 0.29) is 17.0 Å². The number of nitrogens with one attached hydrogen (secondary N) is 1. The van der Waals surface area contributed by atoms with E-state index in [2.05, 4.69) is 24.3 Å². The molecule has 0 saturated heterocycles. The van der Waals surface area contributed by atoms with E-state index in [0.717, 1.165) is 43.5 Å². The topological polar surface area (TPSA) is 93.2 Å². The standard InChI is InChI=1S/C22H29FN4O2/c1-12-14-7-8-22(2,3)11-18(14)27(26-12)13-9-15(23)20(21(24)29)17(10-13)25-16-5-4-6-19(16)28/h9-10,16,19,25,28H,4-8,11H2,1-3H3,(H2,24,29)/t16-,19+/m0/s1. The highest BCUT2D eigenvalue weighted by Crippen LogP contribution is 2.38. The Bertz CT molecular complexity index is 966. The largest absolute Gasteiger partial charge is 0.391 e. The maximum atomic E-state index is 15.0. The predicted molar refractivity (Wildman–Crippen MR) is 110 cm³/mol. The van der Waals surface area contributed by atoms with Crippen molar-refractivity contribution in [2.24, 2.45) is 11.1 Å². The third-order valence-corrected chi connectivity index (χ3v) is 6.37. The number of nitrogens with two attached hydrogens (primary N) is 1. The molecule has 1 fully saturated rings. The minimum absolute atomic E-state index is 0.151. The Morgan fingerprint density at radius 2 is 2.14 bits per heavy atom. The Labute approximate surface area is 170 Å². The lowest BCUT2D eigenvalue weighted by atomic mass is 9.76. The Hall–Kier alpha value is -2.41. The summed E-state index contributed by atoms with van der Waals surface area (Å²) in [5, 5.41) is 18.0. The maximum absolute atomic E-state index is 15.0. The third-order valence-electron chi connectivity index (χ3n) is 6.37. The van der Waals surface area contributed by atoms with Crippen LogP contribution in [0.2, 0.25) is 0 Å². The van der Waals surface area contributed by atoms with E-state index in [1.54, 1.807) is 10.7 Å². The number of nitrogens with zero attached hydrogens (tertiary/aromatic N) is 2. The van der Waals surface area contributed by atoms with Crippen LogP contribution in [0.4, 0.5) is 10.1 Å². The molecule has 1 amide bonds. The highest BCUT2D eigenvalue weighted by molar-refractivity contribution is 5.99. The molecule has 0 unspecified atom stereocenters. The number of anilines is 1. The van der Waals surface area contributed by atoms with Gasteiger partial charge in [0, 0.05) is 11.8 Å². The van der Waals surface area contributed by atoms with Crippen LogP contribution in [0.25, 0.3) is 5.69 Å². The Balaban J connectivity index is 1.81. The van der Waals surface area contributed by atoms with E-state index < -0.39 is 17.8 Å². The molecule has 2 aliphatic carbocycles. The molecule has 0 radical (unpaired) electrons. The van der Waals surface area contributed by atoms with Crippen molar-refractivity contribution < 1.29 is 14.3 Å². The fraction of sp³-hybridized carbons (Fsp3) is 0.545. The zero-order valence-electron chi connectivity index (χ0n) is 17.3. The number of amides is 1. The van der Waals surface area contributed by atoms with Gasteiger partial charge in [-0.2, -0.15) is 5.10 Å². The smallest absolute Gasteiger partial charge is 0.253 e. The number of fused-ring (bicyclic) bond motifs is 1. The van der Waals surface area contributed by atoms with E-state index in [9.17, 15) is 14.3 Å². The van der Waals surface area contributed by atoms with Crippen LogP contribution < -0.4 is 11.1 Å².